The van der Waals surface area contributed by atoms with E-state index >= 15 is 0 Å². The molecule has 0 saturated carbocycles. The first-order valence-corrected chi connectivity index (χ1v) is 7.05. The highest BCUT2D eigenvalue weighted by Gasteiger charge is 2.19. The van der Waals surface area contributed by atoms with Crippen molar-refractivity contribution in [3.63, 3.8) is 0 Å². The number of nitrogens with one attached hydrogen (secondary N) is 2. The average molecular weight is 291 g/mol. The standard InChI is InChI=1S/C16H22FN3O/c1-16(2,3)15-12(9-19-20-15)8-18-10-14(21)11-5-4-6-13(17)7-11/h4-7,9,14,18,21H,8,10H2,1-3H3,(H,19,20). The molecule has 0 aliphatic heterocycles. The van der Waals surface area contributed by atoms with Crippen molar-refractivity contribution in [3.05, 3.63) is 53.1 Å². The van der Waals surface area contributed by atoms with E-state index < -0.39 is 6.10 Å². The molecule has 1 heterocycles. The topological polar surface area (TPSA) is 60.9 Å². The van der Waals surface area contributed by atoms with E-state index in [-0.39, 0.29) is 11.2 Å². The van der Waals surface area contributed by atoms with Gasteiger partial charge in [0.15, 0.2) is 0 Å². The van der Waals surface area contributed by atoms with Crippen LogP contribution >= 0.6 is 0 Å². The van der Waals surface area contributed by atoms with E-state index in [1.807, 2.05) is 0 Å². The number of H-pyrrole nitrogens is 1. The molecule has 0 fully saturated rings. The number of aromatic amines is 1. The Morgan fingerprint density at radius 3 is 2.81 bits per heavy atom. The lowest BCUT2D eigenvalue weighted by Crippen LogP contribution is -2.23. The van der Waals surface area contributed by atoms with E-state index in [9.17, 15) is 9.50 Å². The molecule has 1 aromatic carbocycles. The van der Waals surface area contributed by atoms with Gasteiger partial charge < -0.3 is 10.4 Å². The lowest BCUT2D eigenvalue weighted by Gasteiger charge is -2.19. The van der Waals surface area contributed by atoms with E-state index in [2.05, 4.69) is 36.3 Å². The summed E-state index contributed by atoms with van der Waals surface area (Å²) in [7, 11) is 0. The van der Waals surface area contributed by atoms with Crippen LogP contribution in [0.3, 0.4) is 0 Å². The maximum absolute atomic E-state index is 13.1. The maximum atomic E-state index is 13.1. The highest BCUT2D eigenvalue weighted by Crippen LogP contribution is 2.23. The van der Waals surface area contributed by atoms with Crippen molar-refractivity contribution in [3.8, 4) is 0 Å². The predicted molar refractivity (Wildman–Crippen MR) is 80.4 cm³/mol. The molecule has 0 aliphatic carbocycles. The van der Waals surface area contributed by atoms with E-state index in [0.29, 0.717) is 18.7 Å². The van der Waals surface area contributed by atoms with Crippen molar-refractivity contribution in [2.75, 3.05) is 6.54 Å². The molecule has 1 aromatic heterocycles. The van der Waals surface area contributed by atoms with Gasteiger partial charge in [-0.25, -0.2) is 4.39 Å². The monoisotopic (exact) mass is 291 g/mol. The Bertz CT molecular complexity index is 589. The summed E-state index contributed by atoms with van der Waals surface area (Å²) in [6.45, 7) is 7.32. The second-order valence-corrected chi connectivity index (χ2v) is 6.22. The van der Waals surface area contributed by atoms with Crippen LogP contribution in [0.15, 0.2) is 30.5 Å². The third-order valence-corrected chi connectivity index (χ3v) is 3.35. The van der Waals surface area contributed by atoms with Crippen molar-refractivity contribution in [2.45, 2.75) is 38.8 Å². The Kier molecular flexibility index (Phi) is 4.75. The number of rotatable bonds is 5. The molecular weight excluding hydrogens is 269 g/mol. The zero-order valence-corrected chi connectivity index (χ0v) is 12.7. The van der Waals surface area contributed by atoms with Gasteiger partial charge in [0.2, 0.25) is 0 Å². The minimum absolute atomic E-state index is 0.00527. The first-order valence-electron chi connectivity index (χ1n) is 7.05. The molecule has 2 aromatic rings. The number of nitrogens with zero attached hydrogens (tertiary/aromatic N) is 1. The Morgan fingerprint density at radius 2 is 2.14 bits per heavy atom. The third-order valence-electron chi connectivity index (χ3n) is 3.35. The van der Waals surface area contributed by atoms with Crippen LogP contribution < -0.4 is 5.32 Å². The second-order valence-electron chi connectivity index (χ2n) is 6.22. The van der Waals surface area contributed by atoms with E-state index in [4.69, 9.17) is 0 Å². The van der Waals surface area contributed by atoms with Crippen molar-refractivity contribution in [2.24, 2.45) is 0 Å². The maximum Gasteiger partial charge on any atom is 0.123 e. The summed E-state index contributed by atoms with van der Waals surface area (Å²) in [4.78, 5) is 0. The van der Waals surface area contributed by atoms with Crippen LogP contribution in [0.5, 0.6) is 0 Å². The fraction of sp³-hybridized carbons (Fsp3) is 0.438. The summed E-state index contributed by atoms with van der Waals surface area (Å²) in [6.07, 6.45) is 1.06. The van der Waals surface area contributed by atoms with Crippen molar-refractivity contribution in [1.82, 2.24) is 15.5 Å². The fourth-order valence-electron chi connectivity index (χ4n) is 2.27. The molecule has 1 unspecified atom stereocenters. The van der Waals surface area contributed by atoms with Crippen LogP contribution in [-0.2, 0) is 12.0 Å². The summed E-state index contributed by atoms with van der Waals surface area (Å²) in [5.74, 6) is -0.337. The van der Waals surface area contributed by atoms with E-state index in [1.165, 1.54) is 12.1 Å². The number of aromatic nitrogens is 2. The van der Waals surface area contributed by atoms with Gasteiger partial charge in [-0.1, -0.05) is 32.9 Å². The molecule has 1 atom stereocenters. The first-order chi connectivity index (χ1) is 9.88. The third kappa shape index (κ3) is 4.12. The van der Waals surface area contributed by atoms with Crippen molar-refractivity contribution >= 4 is 0 Å². The molecule has 5 heteroatoms. The average Bonchev–Trinajstić information content (AvgIpc) is 2.87. The summed E-state index contributed by atoms with van der Waals surface area (Å²) in [6, 6.07) is 6.03. The SMILES string of the molecule is CC(C)(C)c1[nH]ncc1CNCC(O)c1cccc(F)c1. The van der Waals surface area contributed by atoms with E-state index in [1.54, 1.807) is 18.3 Å². The largest absolute Gasteiger partial charge is 0.387 e. The number of aliphatic hydroxyl groups is 1. The minimum atomic E-state index is -0.731. The number of hydrogen-bond acceptors (Lipinski definition) is 3. The van der Waals surface area contributed by atoms with Gasteiger partial charge in [-0.2, -0.15) is 5.10 Å². The van der Waals surface area contributed by atoms with Gasteiger partial charge in [0, 0.05) is 29.8 Å². The van der Waals surface area contributed by atoms with Crippen LogP contribution in [0.4, 0.5) is 4.39 Å². The van der Waals surface area contributed by atoms with Gasteiger partial charge in [0.05, 0.1) is 12.3 Å². The van der Waals surface area contributed by atoms with Gasteiger partial charge in [-0.15, -0.1) is 0 Å². The first kappa shape index (κ1) is 15.7. The number of benzene rings is 1. The van der Waals surface area contributed by atoms with Crippen LogP contribution in [0.25, 0.3) is 0 Å². The minimum Gasteiger partial charge on any atom is -0.387 e. The smallest absolute Gasteiger partial charge is 0.123 e. The van der Waals surface area contributed by atoms with Gasteiger partial charge in [-0.05, 0) is 17.7 Å². The molecule has 0 aliphatic rings. The summed E-state index contributed by atoms with van der Waals surface area (Å²) in [5, 5.41) is 20.3. The zero-order valence-electron chi connectivity index (χ0n) is 12.7. The predicted octanol–water partition coefficient (Wildman–Crippen LogP) is 2.67. The normalized spacial score (nSPS) is 13.4. The molecule has 114 valence electrons. The quantitative estimate of drug-likeness (QED) is 0.793. The number of hydrogen-bond donors (Lipinski definition) is 3. The molecule has 0 bridgehead atoms. The van der Waals surface area contributed by atoms with Gasteiger partial charge in [0.25, 0.3) is 0 Å². The Morgan fingerprint density at radius 1 is 1.38 bits per heavy atom. The van der Waals surface area contributed by atoms with Gasteiger partial charge in [0.1, 0.15) is 5.82 Å². The molecule has 2 rings (SSSR count). The summed E-state index contributed by atoms with van der Waals surface area (Å²) < 4.78 is 13.1. The van der Waals surface area contributed by atoms with Gasteiger partial charge in [-0.3, -0.25) is 5.10 Å². The second kappa shape index (κ2) is 6.37. The zero-order chi connectivity index (χ0) is 15.5. The van der Waals surface area contributed by atoms with Crippen molar-refractivity contribution < 1.29 is 9.50 Å². The molecule has 0 amide bonds. The van der Waals surface area contributed by atoms with Crippen LogP contribution in [-0.4, -0.2) is 21.8 Å². The fourth-order valence-corrected chi connectivity index (χ4v) is 2.27. The van der Waals surface area contributed by atoms with Crippen LogP contribution in [0.2, 0.25) is 0 Å². The van der Waals surface area contributed by atoms with E-state index in [0.717, 1.165) is 11.3 Å². The van der Waals surface area contributed by atoms with Crippen LogP contribution in [0, 0.1) is 5.82 Å². The summed E-state index contributed by atoms with van der Waals surface area (Å²) >= 11 is 0. The lowest BCUT2D eigenvalue weighted by atomic mass is 9.89. The molecule has 3 N–H and O–H groups in total. The Balaban J connectivity index is 1.92. The highest BCUT2D eigenvalue weighted by atomic mass is 19.1. The van der Waals surface area contributed by atoms with Gasteiger partial charge >= 0.3 is 0 Å². The molecule has 0 saturated heterocycles. The number of halogens is 1. The van der Waals surface area contributed by atoms with Crippen molar-refractivity contribution in [1.29, 1.82) is 0 Å². The Labute approximate surface area is 124 Å². The Hall–Kier alpha value is -1.72. The summed E-state index contributed by atoms with van der Waals surface area (Å²) in [5.41, 5.74) is 2.73. The molecule has 4 nitrogen and oxygen atoms in total. The molecule has 21 heavy (non-hydrogen) atoms. The highest BCUT2D eigenvalue weighted by molar-refractivity contribution is 5.23. The lowest BCUT2D eigenvalue weighted by molar-refractivity contribution is 0.174. The molecule has 0 radical (unpaired) electrons. The van der Waals surface area contributed by atoms with Crippen LogP contribution in [0.1, 0.15) is 43.7 Å². The molecular formula is C16H22FN3O. The number of aliphatic hydroxyl groups excluding tert-OH is 1. The molecule has 0 spiro atoms.